The van der Waals surface area contributed by atoms with Crippen LogP contribution in [-0.2, 0) is 0 Å². The molecule has 3 rings (SSSR count). The van der Waals surface area contributed by atoms with Crippen molar-refractivity contribution < 1.29 is 0 Å². The Balaban J connectivity index is 1.46. The maximum Gasteiger partial charge on any atom is 0.137 e. The van der Waals surface area contributed by atoms with Gasteiger partial charge in [-0.15, -0.1) is 0 Å². The number of rotatable bonds is 4. The predicted octanol–water partition coefficient (Wildman–Crippen LogP) is 2.70. The molecule has 1 N–H and O–H groups in total. The van der Waals surface area contributed by atoms with E-state index in [0.29, 0.717) is 5.92 Å². The lowest BCUT2D eigenvalue weighted by molar-refractivity contribution is 0.229. The Morgan fingerprint density at radius 3 is 2.70 bits per heavy atom. The maximum absolute atomic E-state index is 4.27. The highest BCUT2D eigenvalue weighted by atomic mass is 15.2. The maximum atomic E-state index is 4.27. The van der Waals surface area contributed by atoms with Crippen LogP contribution in [0.15, 0.2) is 42.7 Å². The number of likely N-dealkylation sites (tertiary alicyclic amines) is 1. The standard InChI is InChI=1S/C16H20N4/c1-2-5-14(6-3-1)7-4-10-20-11-8-15(9-12-20)16-17-13-18-19-16/h1-7,13,15H,8-12H2,(H,17,18,19). The molecule has 1 aromatic heterocycles. The molecule has 1 aliphatic heterocycles. The monoisotopic (exact) mass is 268 g/mol. The third-order valence-corrected chi connectivity index (χ3v) is 3.88. The van der Waals surface area contributed by atoms with Crippen LogP contribution in [0.5, 0.6) is 0 Å². The van der Waals surface area contributed by atoms with Gasteiger partial charge in [-0.05, 0) is 31.5 Å². The fourth-order valence-corrected chi connectivity index (χ4v) is 2.70. The van der Waals surface area contributed by atoms with Gasteiger partial charge in [0.2, 0.25) is 0 Å². The third kappa shape index (κ3) is 3.33. The van der Waals surface area contributed by atoms with Crippen molar-refractivity contribution in [3.8, 4) is 0 Å². The van der Waals surface area contributed by atoms with Crippen molar-refractivity contribution in [3.05, 3.63) is 54.1 Å². The second-order valence-electron chi connectivity index (χ2n) is 5.26. The molecule has 1 saturated heterocycles. The van der Waals surface area contributed by atoms with Crippen molar-refractivity contribution in [2.75, 3.05) is 19.6 Å². The molecule has 104 valence electrons. The molecule has 0 bridgehead atoms. The van der Waals surface area contributed by atoms with Gasteiger partial charge in [-0.25, -0.2) is 4.98 Å². The normalized spacial score (nSPS) is 17.8. The van der Waals surface area contributed by atoms with Gasteiger partial charge < -0.3 is 0 Å². The number of aromatic nitrogens is 3. The molecule has 0 unspecified atom stereocenters. The topological polar surface area (TPSA) is 44.8 Å². The highest BCUT2D eigenvalue weighted by Crippen LogP contribution is 2.24. The van der Waals surface area contributed by atoms with Gasteiger partial charge >= 0.3 is 0 Å². The van der Waals surface area contributed by atoms with E-state index in [-0.39, 0.29) is 0 Å². The summed E-state index contributed by atoms with van der Waals surface area (Å²) in [5.74, 6) is 1.59. The smallest absolute Gasteiger partial charge is 0.137 e. The number of H-pyrrole nitrogens is 1. The second kappa shape index (κ2) is 6.48. The largest absolute Gasteiger partial charge is 0.300 e. The second-order valence-corrected chi connectivity index (χ2v) is 5.26. The van der Waals surface area contributed by atoms with E-state index in [1.54, 1.807) is 6.33 Å². The molecule has 1 fully saturated rings. The Bertz CT molecular complexity index is 525. The predicted molar refractivity (Wildman–Crippen MR) is 80.3 cm³/mol. The lowest BCUT2D eigenvalue weighted by atomic mass is 9.96. The van der Waals surface area contributed by atoms with E-state index in [1.807, 2.05) is 6.07 Å². The summed E-state index contributed by atoms with van der Waals surface area (Å²) in [5, 5.41) is 6.93. The Hall–Kier alpha value is -1.94. The first-order chi connectivity index (χ1) is 9.92. The highest BCUT2D eigenvalue weighted by Gasteiger charge is 2.21. The van der Waals surface area contributed by atoms with E-state index < -0.39 is 0 Å². The fraction of sp³-hybridized carbons (Fsp3) is 0.375. The van der Waals surface area contributed by atoms with Crippen LogP contribution in [0.1, 0.15) is 30.1 Å². The van der Waals surface area contributed by atoms with Crippen LogP contribution in [0.3, 0.4) is 0 Å². The van der Waals surface area contributed by atoms with Crippen molar-refractivity contribution in [2.24, 2.45) is 0 Å². The summed E-state index contributed by atoms with van der Waals surface area (Å²) in [7, 11) is 0. The molecule has 1 aliphatic rings. The molecule has 0 amide bonds. The van der Waals surface area contributed by atoms with Gasteiger partial charge in [-0.2, -0.15) is 5.10 Å². The van der Waals surface area contributed by atoms with E-state index in [1.165, 1.54) is 5.56 Å². The summed E-state index contributed by atoms with van der Waals surface area (Å²) in [5.41, 5.74) is 1.27. The molecule has 1 aromatic carbocycles. The molecule has 2 heterocycles. The number of nitrogens with zero attached hydrogens (tertiary/aromatic N) is 3. The first kappa shape index (κ1) is 13.1. The molecule has 2 aromatic rings. The Morgan fingerprint density at radius 2 is 2.00 bits per heavy atom. The molecule has 0 radical (unpaired) electrons. The Labute approximate surface area is 119 Å². The molecule has 20 heavy (non-hydrogen) atoms. The molecule has 0 saturated carbocycles. The molecule has 4 nitrogen and oxygen atoms in total. The van der Waals surface area contributed by atoms with Crippen molar-refractivity contribution >= 4 is 6.08 Å². The zero-order chi connectivity index (χ0) is 13.6. The molecule has 0 spiro atoms. The van der Waals surface area contributed by atoms with E-state index >= 15 is 0 Å². The van der Waals surface area contributed by atoms with Gasteiger partial charge in [0.1, 0.15) is 12.2 Å². The van der Waals surface area contributed by atoms with Crippen LogP contribution < -0.4 is 0 Å². The number of benzene rings is 1. The van der Waals surface area contributed by atoms with E-state index in [0.717, 1.165) is 38.3 Å². The zero-order valence-corrected chi connectivity index (χ0v) is 11.6. The fourth-order valence-electron chi connectivity index (χ4n) is 2.70. The zero-order valence-electron chi connectivity index (χ0n) is 11.6. The van der Waals surface area contributed by atoms with Crippen molar-refractivity contribution in [2.45, 2.75) is 18.8 Å². The van der Waals surface area contributed by atoms with Gasteiger partial charge in [0, 0.05) is 12.5 Å². The minimum atomic E-state index is 0.548. The summed E-state index contributed by atoms with van der Waals surface area (Å²) < 4.78 is 0. The van der Waals surface area contributed by atoms with Crippen LogP contribution in [0, 0.1) is 0 Å². The van der Waals surface area contributed by atoms with Gasteiger partial charge in [-0.3, -0.25) is 10.00 Å². The van der Waals surface area contributed by atoms with Crippen LogP contribution in [-0.4, -0.2) is 39.7 Å². The molecule has 0 aliphatic carbocycles. The minimum absolute atomic E-state index is 0.548. The van der Waals surface area contributed by atoms with E-state index in [9.17, 15) is 0 Å². The van der Waals surface area contributed by atoms with Crippen molar-refractivity contribution in [3.63, 3.8) is 0 Å². The van der Waals surface area contributed by atoms with Crippen molar-refractivity contribution in [1.82, 2.24) is 20.1 Å². The Kier molecular flexibility index (Phi) is 4.23. The SMILES string of the molecule is C(=Cc1ccccc1)CN1CCC(c2ncn[nH]2)CC1. The van der Waals surface area contributed by atoms with E-state index in [4.69, 9.17) is 0 Å². The minimum Gasteiger partial charge on any atom is -0.300 e. The van der Waals surface area contributed by atoms with E-state index in [2.05, 4.69) is 56.5 Å². The van der Waals surface area contributed by atoms with Crippen molar-refractivity contribution in [1.29, 1.82) is 0 Å². The molecule has 0 atom stereocenters. The highest BCUT2D eigenvalue weighted by molar-refractivity contribution is 5.48. The molecular formula is C16H20N4. The summed E-state index contributed by atoms with van der Waals surface area (Å²) in [6, 6.07) is 10.5. The average Bonchev–Trinajstić information content (AvgIpc) is 3.03. The summed E-state index contributed by atoms with van der Waals surface area (Å²) in [6.07, 6.45) is 8.37. The quantitative estimate of drug-likeness (QED) is 0.927. The first-order valence-corrected chi connectivity index (χ1v) is 7.21. The number of nitrogens with one attached hydrogen (secondary N) is 1. The summed E-state index contributed by atoms with van der Waals surface area (Å²) >= 11 is 0. The Morgan fingerprint density at radius 1 is 1.20 bits per heavy atom. The molecular weight excluding hydrogens is 248 g/mol. The number of piperidine rings is 1. The lowest BCUT2D eigenvalue weighted by Gasteiger charge is -2.29. The van der Waals surface area contributed by atoms with Crippen LogP contribution in [0.2, 0.25) is 0 Å². The van der Waals surface area contributed by atoms with Gasteiger partial charge in [0.25, 0.3) is 0 Å². The van der Waals surface area contributed by atoms with Crippen LogP contribution in [0.25, 0.3) is 6.08 Å². The number of hydrogen-bond donors (Lipinski definition) is 1. The van der Waals surface area contributed by atoms with Crippen LogP contribution in [0.4, 0.5) is 0 Å². The van der Waals surface area contributed by atoms with Gasteiger partial charge in [0.15, 0.2) is 0 Å². The van der Waals surface area contributed by atoms with Gasteiger partial charge in [0.05, 0.1) is 0 Å². The summed E-state index contributed by atoms with van der Waals surface area (Å²) in [6.45, 7) is 3.28. The summed E-state index contributed by atoms with van der Waals surface area (Å²) in [4.78, 5) is 6.76. The third-order valence-electron chi connectivity index (χ3n) is 3.88. The lowest BCUT2D eigenvalue weighted by Crippen LogP contribution is -2.33. The van der Waals surface area contributed by atoms with Crippen LogP contribution >= 0.6 is 0 Å². The first-order valence-electron chi connectivity index (χ1n) is 7.21. The number of aromatic amines is 1. The van der Waals surface area contributed by atoms with Gasteiger partial charge in [-0.1, -0.05) is 42.5 Å². The number of hydrogen-bond acceptors (Lipinski definition) is 3. The average molecular weight is 268 g/mol. The molecule has 4 heteroatoms.